The molecule has 15 heavy (non-hydrogen) atoms. The van der Waals surface area contributed by atoms with E-state index in [1.165, 1.54) is 9.75 Å². The molecule has 3 nitrogen and oxygen atoms in total. The van der Waals surface area contributed by atoms with Crippen molar-refractivity contribution in [3.63, 3.8) is 0 Å². The summed E-state index contributed by atoms with van der Waals surface area (Å²) < 4.78 is 10.8. The highest BCUT2D eigenvalue weighted by Crippen LogP contribution is 2.25. The summed E-state index contributed by atoms with van der Waals surface area (Å²) in [6, 6.07) is 4.17. The van der Waals surface area contributed by atoms with Crippen LogP contribution in [-0.2, 0) is 9.47 Å². The fourth-order valence-corrected chi connectivity index (χ4v) is 2.35. The lowest BCUT2D eigenvalue weighted by Crippen LogP contribution is -2.23. The Morgan fingerprint density at radius 2 is 2.20 bits per heavy atom. The number of nitrogens with two attached hydrogens (primary N) is 1. The quantitative estimate of drug-likeness (QED) is 0.812. The SMILES string of the molecule is COCC(C)OC(CN)c1ccc(C)s1. The van der Waals surface area contributed by atoms with Crippen LogP contribution < -0.4 is 5.73 Å². The highest BCUT2D eigenvalue weighted by molar-refractivity contribution is 7.12. The van der Waals surface area contributed by atoms with Crippen LogP contribution in [0.15, 0.2) is 12.1 Å². The average Bonchev–Trinajstić information content (AvgIpc) is 2.61. The topological polar surface area (TPSA) is 44.5 Å². The molecule has 4 heteroatoms. The van der Waals surface area contributed by atoms with Crippen LogP contribution in [0.4, 0.5) is 0 Å². The van der Waals surface area contributed by atoms with Gasteiger partial charge in [0.1, 0.15) is 6.10 Å². The first-order valence-electron chi connectivity index (χ1n) is 5.08. The maximum Gasteiger partial charge on any atom is 0.104 e. The van der Waals surface area contributed by atoms with E-state index in [2.05, 4.69) is 19.1 Å². The Morgan fingerprint density at radius 1 is 1.47 bits per heavy atom. The molecule has 0 aliphatic heterocycles. The second-order valence-corrected chi connectivity index (χ2v) is 4.89. The predicted molar refractivity (Wildman–Crippen MR) is 63.3 cm³/mol. The molecule has 0 amide bonds. The van der Waals surface area contributed by atoms with E-state index in [0.29, 0.717) is 13.2 Å². The van der Waals surface area contributed by atoms with E-state index in [4.69, 9.17) is 15.2 Å². The zero-order valence-electron chi connectivity index (χ0n) is 9.53. The lowest BCUT2D eigenvalue weighted by Gasteiger charge is -2.19. The van der Waals surface area contributed by atoms with Gasteiger partial charge in [0.15, 0.2) is 0 Å². The van der Waals surface area contributed by atoms with Crippen LogP contribution in [-0.4, -0.2) is 26.4 Å². The minimum atomic E-state index is -0.00569. The number of hydrogen-bond acceptors (Lipinski definition) is 4. The fraction of sp³-hybridized carbons (Fsp3) is 0.636. The molecule has 1 aromatic rings. The van der Waals surface area contributed by atoms with Crippen molar-refractivity contribution >= 4 is 11.3 Å². The van der Waals surface area contributed by atoms with E-state index >= 15 is 0 Å². The second-order valence-electron chi connectivity index (χ2n) is 3.57. The van der Waals surface area contributed by atoms with Gasteiger partial charge >= 0.3 is 0 Å². The fourth-order valence-electron chi connectivity index (χ4n) is 1.42. The molecule has 1 aromatic heterocycles. The molecular weight excluding hydrogens is 210 g/mol. The van der Waals surface area contributed by atoms with Gasteiger partial charge in [-0.1, -0.05) is 0 Å². The first kappa shape index (κ1) is 12.6. The maximum atomic E-state index is 5.80. The Kier molecular flexibility index (Phi) is 5.25. The summed E-state index contributed by atoms with van der Waals surface area (Å²) in [6.45, 7) is 5.18. The summed E-state index contributed by atoms with van der Waals surface area (Å²) >= 11 is 1.73. The molecular formula is C11H19NO2S. The maximum absolute atomic E-state index is 5.80. The molecule has 1 heterocycles. The largest absolute Gasteiger partial charge is 0.382 e. The van der Waals surface area contributed by atoms with Gasteiger partial charge in [-0.2, -0.15) is 0 Å². The minimum absolute atomic E-state index is 0.00569. The molecule has 0 fully saturated rings. The molecule has 0 radical (unpaired) electrons. The third kappa shape index (κ3) is 3.91. The summed E-state index contributed by atoms with van der Waals surface area (Å²) in [5.41, 5.74) is 5.70. The van der Waals surface area contributed by atoms with E-state index in [1.54, 1.807) is 18.4 Å². The molecule has 0 aliphatic rings. The van der Waals surface area contributed by atoms with Crippen LogP contribution >= 0.6 is 11.3 Å². The number of methoxy groups -OCH3 is 1. The predicted octanol–water partition coefficient (Wildman–Crippen LogP) is 2.11. The number of aryl methyl sites for hydroxylation is 1. The van der Waals surface area contributed by atoms with Crippen molar-refractivity contribution in [3.8, 4) is 0 Å². The van der Waals surface area contributed by atoms with Crippen molar-refractivity contribution in [2.75, 3.05) is 20.3 Å². The highest BCUT2D eigenvalue weighted by atomic mass is 32.1. The molecule has 2 atom stereocenters. The van der Waals surface area contributed by atoms with E-state index < -0.39 is 0 Å². The van der Waals surface area contributed by atoms with Gasteiger partial charge in [0.25, 0.3) is 0 Å². The Bertz CT molecular complexity index is 288. The van der Waals surface area contributed by atoms with E-state index in [-0.39, 0.29) is 12.2 Å². The van der Waals surface area contributed by atoms with Crippen molar-refractivity contribution < 1.29 is 9.47 Å². The summed E-state index contributed by atoms with van der Waals surface area (Å²) in [5, 5.41) is 0. The van der Waals surface area contributed by atoms with Crippen molar-refractivity contribution in [2.24, 2.45) is 5.73 Å². The van der Waals surface area contributed by atoms with Crippen LogP contribution in [0.1, 0.15) is 22.8 Å². The van der Waals surface area contributed by atoms with Gasteiger partial charge in [0, 0.05) is 23.4 Å². The normalized spacial score (nSPS) is 15.2. The van der Waals surface area contributed by atoms with Crippen molar-refractivity contribution in [1.29, 1.82) is 0 Å². The lowest BCUT2D eigenvalue weighted by molar-refractivity contribution is -0.0348. The summed E-state index contributed by atoms with van der Waals surface area (Å²) in [4.78, 5) is 2.48. The third-order valence-corrected chi connectivity index (χ3v) is 3.18. The van der Waals surface area contributed by atoms with Gasteiger partial charge < -0.3 is 15.2 Å². The van der Waals surface area contributed by atoms with Crippen molar-refractivity contribution in [3.05, 3.63) is 21.9 Å². The molecule has 2 unspecified atom stereocenters. The number of thiophene rings is 1. The Labute approximate surface area is 95.2 Å². The monoisotopic (exact) mass is 229 g/mol. The summed E-state index contributed by atoms with van der Waals surface area (Å²) in [5.74, 6) is 0. The molecule has 0 aromatic carbocycles. The van der Waals surface area contributed by atoms with Crippen LogP contribution in [0.2, 0.25) is 0 Å². The van der Waals surface area contributed by atoms with Crippen molar-refractivity contribution in [2.45, 2.75) is 26.1 Å². The van der Waals surface area contributed by atoms with Crippen LogP contribution in [0.3, 0.4) is 0 Å². The number of rotatable bonds is 6. The molecule has 2 N–H and O–H groups in total. The van der Waals surface area contributed by atoms with Gasteiger partial charge in [-0.3, -0.25) is 0 Å². The highest BCUT2D eigenvalue weighted by Gasteiger charge is 2.15. The Morgan fingerprint density at radius 3 is 2.67 bits per heavy atom. The standard InChI is InChI=1S/C11H19NO2S/c1-8(7-13-3)14-10(6-12)11-5-4-9(2)15-11/h4-5,8,10H,6-7,12H2,1-3H3. The van der Waals surface area contributed by atoms with Gasteiger partial charge in [0.05, 0.1) is 12.7 Å². The Balaban J connectivity index is 2.56. The van der Waals surface area contributed by atoms with Gasteiger partial charge in [-0.15, -0.1) is 11.3 Å². The Hall–Kier alpha value is -0.420. The molecule has 0 aliphatic carbocycles. The molecule has 0 spiro atoms. The summed E-state index contributed by atoms with van der Waals surface area (Å²) in [7, 11) is 1.67. The zero-order valence-corrected chi connectivity index (χ0v) is 10.3. The first-order valence-corrected chi connectivity index (χ1v) is 5.89. The van der Waals surface area contributed by atoms with E-state index in [1.807, 2.05) is 6.92 Å². The van der Waals surface area contributed by atoms with E-state index in [9.17, 15) is 0 Å². The molecule has 1 rings (SSSR count). The summed E-state index contributed by atoms with van der Waals surface area (Å²) in [6.07, 6.45) is 0.0693. The van der Waals surface area contributed by atoms with Crippen LogP contribution in [0.5, 0.6) is 0 Å². The molecule has 0 saturated carbocycles. The van der Waals surface area contributed by atoms with Crippen molar-refractivity contribution in [1.82, 2.24) is 0 Å². The molecule has 86 valence electrons. The number of hydrogen-bond donors (Lipinski definition) is 1. The van der Waals surface area contributed by atoms with Gasteiger partial charge in [-0.25, -0.2) is 0 Å². The molecule has 0 bridgehead atoms. The smallest absolute Gasteiger partial charge is 0.104 e. The van der Waals surface area contributed by atoms with Crippen LogP contribution in [0, 0.1) is 6.92 Å². The van der Waals surface area contributed by atoms with E-state index in [0.717, 1.165) is 0 Å². The van der Waals surface area contributed by atoms with Crippen LogP contribution in [0.25, 0.3) is 0 Å². The average molecular weight is 229 g/mol. The first-order chi connectivity index (χ1) is 7.17. The molecule has 0 saturated heterocycles. The number of ether oxygens (including phenoxy) is 2. The second kappa shape index (κ2) is 6.23. The van der Waals surface area contributed by atoms with Gasteiger partial charge in [0.2, 0.25) is 0 Å². The third-order valence-electron chi connectivity index (χ3n) is 2.09. The zero-order chi connectivity index (χ0) is 11.3. The minimum Gasteiger partial charge on any atom is -0.382 e. The lowest BCUT2D eigenvalue weighted by atomic mass is 10.3. The van der Waals surface area contributed by atoms with Gasteiger partial charge in [-0.05, 0) is 26.0 Å².